The average molecular weight is 298 g/mol. The molecule has 4 heteroatoms. The van der Waals surface area contributed by atoms with E-state index in [1.54, 1.807) is 41.8 Å². The van der Waals surface area contributed by atoms with Crippen molar-refractivity contribution >= 4 is 29.2 Å². The van der Waals surface area contributed by atoms with Crippen molar-refractivity contribution in [2.75, 3.05) is 0 Å². The molecule has 0 aliphatic carbocycles. The van der Waals surface area contributed by atoms with E-state index in [1.807, 2.05) is 18.2 Å². The fraction of sp³-hybridized carbons (Fsp3) is 0.0588. The van der Waals surface area contributed by atoms with E-state index in [-0.39, 0.29) is 5.78 Å². The Balaban J connectivity index is 2.25. The van der Waals surface area contributed by atoms with Crippen molar-refractivity contribution in [2.45, 2.75) is 6.92 Å². The lowest BCUT2D eigenvalue weighted by molar-refractivity contribution is 0.103. The standard InChI is InChI=1S/C17H12ClNO2/c1-11-14(10-20)15-4-2-3-9-19(15)16(11)17(21)12-5-7-13(18)8-6-12/h2-10H,1H3. The normalized spacial score (nSPS) is 10.8. The Morgan fingerprint density at radius 3 is 2.52 bits per heavy atom. The molecule has 3 rings (SSSR count). The highest BCUT2D eigenvalue weighted by molar-refractivity contribution is 6.30. The summed E-state index contributed by atoms with van der Waals surface area (Å²) in [4.78, 5) is 24.1. The molecule has 0 unspecified atom stereocenters. The molecule has 2 aromatic heterocycles. The van der Waals surface area contributed by atoms with Gasteiger partial charge in [0.1, 0.15) is 0 Å². The Bertz CT molecular complexity index is 847. The highest BCUT2D eigenvalue weighted by atomic mass is 35.5. The van der Waals surface area contributed by atoms with Crippen LogP contribution in [0.15, 0.2) is 48.7 Å². The molecule has 0 amide bonds. The summed E-state index contributed by atoms with van der Waals surface area (Å²) < 4.78 is 1.76. The van der Waals surface area contributed by atoms with Crippen molar-refractivity contribution < 1.29 is 9.59 Å². The number of hydrogen-bond donors (Lipinski definition) is 0. The molecule has 0 atom stereocenters. The van der Waals surface area contributed by atoms with Crippen LogP contribution in [-0.4, -0.2) is 16.5 Å². The van der Waals surface area contributed by atoms with Crippen LogP contribution in [-0.2, 0) is 0 Å². The lowest BCUT2D eigenvalue weighted by Gasteiger charge is -2.04. The van der Waals surface area contributed by atoms with Gasteiger partial charge in [0.15, 0.2) is 6.29 Å². The minimum absolute atomic E-state index is 0.126. The third-order valence-electron chi connectivity index (χ3n) is 3.58. The predicted octanol–water partition coefficient (Wildman–Crippen LogP) is 3.94. The number of hydrogen-bond acceptors (Lipinski definition) is 2. The van der Waals surface area contributed by atoms with Crippen molar-refractivity contribution in [2.24, 2.45) is 0 Å². The summed E-state index contributed by atoms with van der Waals surface area (Å²) in [5.41, 5.74) is 3.03. The van der Waals surface area contributed by atoms with E-state index in [0.29, 0.717) is 27.4 Å². The molecular weight excluding hydrogens is 286 g/mol. The van der Waals surface area contributed by atoms with E-state index in [4.69, 9.17) is 11.6 Å². The molecule has 0 saturated heterocycles. The third-order valence-corrected chi connectivity index (χ3v) is 3.83. The van der Waals surface area contributed by atoms with Gasteiger partial charge >= 0.3 is 0 Å². The smallest absolute Gasteiger partial charge is 0.210 e. The maximum absolute atomic E-state index is 12.7. The first-order chi connectivity index (χ1) is 10.1. The van der Waals surface area contributed by atoms with Gasteiger partial charge < -0.3 is 4.40 Å². The number of nitrogens with zero attached hydrogens (tertiary/aromatic N) is 1. The lowest BCUT2D eigenvalue weighted by atomic mass is 10.0. The molecule has 0 saturated carbocycles. The molecule has 0 aliphatic heterocycles. The number of fused-ring (bicyclic) bond motifs is 1. The van der Waals surface area contributed by atoms with Crippen LogP contribution >= 0.6 is 11.6 Å². The summed E-state index contributed by atoms with van der Waals surface area (Å²) in [6.45, 7) is 1.79. The first-order valence-electron chi connectivity index (χ1n) is 6.48. The van der Waals surface area contributed by atoms with Crippen LogP contribution in [0.2, 0.25) is 5.02 Å². The summed E-state index contributed by atoms with van der Waals surface area (Å²) in [5.74, 6) is -0.126. The highest BCUT2D eigenvalue weighted by Crippen LogP contribution is 2.24. The number of pyridine rings is 1. The maximum Gasteiger partial charge on any atom is 0.210 e. The maximum atomic E-state index is 12.7. The third kappa shape index (κ3) is 2.16. The molecule has 0 radical (unpaired) electrons. The minimum Gasteiger partial charge on any atom is -0.313 e. The van der Waals surface area contributed by atoms with E-state index >= 15 is 0 Å². The van der Waals surface area contributed by atoms with Gasteiger partial charge in [0.25, 0.3) is 0 Å². The summed E-state index contributed by atoms with van der Waals surface area (Å²) >= 11 is 5.85. The van der Waals surface area contributed by atoms with E-state index in [1.165, 1.54) is 0 Å². The van der Waals surface area contributed by atoms with Gasteiger partial charge in [-0.05, 0) is 48.9 Å². The van der Waals surface area contributed by atoms with Gasteiger partial charge in [-0.2, -0.15) is 0 Å². The van der Waals surface area contributed by atoms with Crippen molar-refractivity contribution in [3.05, 3.63) is 76.1 Å². The van der Waals surface area contributed by atoms with Gasteiger partial charge in [0.05, 0.1) is 11.2 Å². The molecular formula is C17H12ClNO2. The SMILES string of the molecule is Cc1c(C=O)c2ccccn2c1C(=O)c1ccc(Cl)cc1. The Morgan fingerprint density at radius 2 is 1.86 bits per heavy atom. The summed E-state index contributed by atoms with van der Waals surface area (Å²) in [5, 5.41) is 0.580. The molecule has 0 aliphatic rings. The molecule has 3 aromatic rings. The number of ketones is 1. The molecule has 0 fully saturated rings. The zero-order chi connectivity index (χ0) is 15.0. The van der Waals surface area contributed by atoms with Gasteiger partial charge in [0.2, 0.25) is 5.78 Å². The molecule has 21 heavy (non-hydrogen) atoms. The van der Waals surface area contributed by atoms with Gasteiger partial charge in [-0.25, -0.2) is 0 Å². The Labute approximate surface area is 126 Å². The Hall–Kier alpha value is -2.39. The quantitative estimate of drug-likeness (QED) is 0.542. The van der Waals surface area contributed by atoms with E-state index in [2.05, 4.69) is 0 Å². The van der Waals surface area contributed by atoms with Crippen molar-refractivity contribution in [1.29, 1.82) is 0 Å². The number of aromatic nitrogens is 1. The van der Waals surface area contributed by atoms with Crippen LogP contribution in [0.25, 0.3) is 5.52 Å². The largest absolute Gasteiger partial charge is 0.313 e. The predicted molar refractivity (Wildman–Crippen MR) is 82.4 cm³/mol. The second kappa shape index (κ2) is 5.19. The number of aldehydes is 1. The van der Waals surface area contributed by atoms with Gasteiger partial charge in [-0.3, -0.25) is 9.59 Å². The van der Waals surface area contributed by atoms with Crippen molar-refractivity contribution in [1.82, 2.24) is 4.40 Å². The monoisotopic (exact) mass is 297 g/mol. The molecule has 0 N–H and O–H groups in total. The lowest BCUT2D eigenvalue weighted by Crippen LogP contribution is -2.06. The fourth-order valence-electron chi connectivity index (χ4n) is 2.52. The van der Waals surface area contributed by atoms with Crippen LogP contribution in [0.5, 0.6) is 0 Å². The summed E-state index contributed by atoms with van der Waals surface area (Å²) in [6.07, 6.45) is 2.59. The van der Waals surface area contributed by atoms with Crippen LogP contribution < -0.4 is 0 Å². The zero-order valence-corrected chi connectivity index (χ0v) is 12.1. The van der Waals surface area contributed by atoms with E-state index in [0.717, 1.165) is 11.8 Å². The van der Waals surface area contributed by atoms with Crippen molar-refractivity contribution in [3.63, 3.8) is 0 Å². The second-order valence-electron chi connectivity index (χ2n) is 4.80. The molecule has 0 spiro atoms. The molecule has 1 aromatic carbocycles. The van der Waals surface area contributed by atoms with E-state index < -0.39 is 0 Å². The van der Waals surface area contributed by atoms with Crippen LogP contribution in [0.4, 0.5) is 0 Å². The number of carbonyl (C=O) groups is 2. The number of carbonyl (C=O) groups excluding carboxylic acids is 2. The van der Waals surface area contributed by atoms with Crippen LogP contribution in [0.3, 0.4) is 0 Å². The first kappa shape index (κ1) is 13.6. The Morgan fingerprint density at radius 1 is 1.14 bits per heavy atom. The van der Waals surface area contributed by atoms with Crippen molar-refractivity contribution in [3.8, 4) is 0 Å². The summed E-state index contributed by atoms with van der Waals surface area (Å²) in [7, 11) is 0. The van der Waals surface area contributed by atoms with E-state index in [9.17, 15) is 9.59 Å². The topological polar surface area (TPSA) is 38.5 Å². The second-order valence-corrected chi connectivity index (χ2v) is 5.23. The van der Waals surface area contributed by atoms with Gasteiger partial charge in [0, 0.05) is 22.3 Å². The minimum atomic E-state index is -0.126. The first-order valence-corrected chi connectivity index (χ1v) is 6.86. The molecule has 2 heterocycles. The van der Waals surface area contributed by atoms with Gasteiger partial charge in [-0.1, -0.05) is 17.7 Å². The number of halogens is 1. The molecule has 104 valence electrons. The van der Waals surface area contributed by atoms with Crippen LogP contribution in [0.1, 0.15) is 32.0 Å². The number of rotatable bonds is 3. The fourth-order valence-corrected chi connectivity index (χ4v) is 2.65. The summed E-state index contributed by atoms with van der Waals surface area (Å²) in [6, 6.07) is 12.2. The van der Waals surface area contributed by atoms with Gasteiger partial charge in [-0.15, -0.1) is 0 Å². The molecule has 3 nitrogen and oxygen atoms in total. The average Bonchev–Trinajstić information content (AvgIpc) is 2.78. The number of benzene rings is 1. The zero-order valence-electron chi connectivity index (χ0n) is 11.3. The highest BCUT2D eigenvalue weighted by Gasteiger charge is 2.20. The Kier molecular flexibility index (Phi) is 3.35. The molecule has 0 bridgehead atoms. The van der Waals surface area contributed by atoms with Crippen LogP contribution in [0, 0.1) is 6.92 Å².